The van der Waals surface area contributed by atoms with Crippen molar-refractivity contribution in [1.82, 2.24) is 0 Å². The van der Waals surface area contributed by atoms with E-state index in [9.17, 15) is 0 Å². The van der Waals surface area contributed by atoms with Gasteiger partial charge < -0.3 is 9.16 Å². The topological polar surface area (TPSA) is 18.5 Å². The van der Waals surface area contributed by atoms with Crippen molar-refractivity contribution in [2.75, 3.05) is 19.8 Å². The molecule has 0 bridgehead atoms. The van der Waals surface area contributed by atoms with Crippen LogP contribution in [0, 0.1) is 5.41 Å². The monoisotopic (exact) mass is 232 g/mol. The van der Waals surface area contributed by atoms with Crippen LogP contribution in [0.1, 0.15) is 34.1 Å². The quantitative estimate of drug-likeness (QED) is 0.469. The van der Waals surface area contributed by atoms with Gasteiger partial charge in [-0.2, -0.15) is 0 Å². The summed E-state index contributed by atoms with van der Waals surface area (Å²) >= 11 is 0. The van der Waals surface area contributed by atoms with Crippen LogP contribution in [0.5, 0.6) is 0 Å². The predicted octanol–water partition coefficient (Wildman–Crippen LogP) is 3.68. The number of rotatable bonds is 8. The zero-order valence-corrected chi connectivity index (χ0v) is 12.4. The molecule has 0 heterocycles. The molecule has 3 heteroatoms. The minimum atomic E-state index is -1.39. The van der Waals surface area contributed by atoms with Crippen molar-refractivity contribution in [3.8, 4) is 0 Å². The Hall–Kier alpha value is 0.137. The van der Waals surface area contributed by atoms with Gasteiger partial charge >= 0.3 is 0 Å². The van der Waals surface area contributed by atoms with Gasteiger partial charge in [-0.25, -0.2) is 0 Å². The fraction of sp³-hybridized carbons (Fsp3) is 1.00. The summed E-state index contributed by atoms with van der Waals surface area (Å²) in [7, 11) is -1.39. The molecule has 92 valence electrons. The molecule has 0 atom stereocenters. The lowest BCUT2D eigenvalue weighted by Gasteiger charge is -2.30. The molecular weight excluding hydrogens is 204 g/mol. The fourth-order valence-corrected chi connectivity index (χ4v) is 2.01. The number of hydrogen-bond acceptors (Lipinski definition) is 2. The molecule has 0 rings (SSSR count). The predicted molar refractivity (Wildman–Crippen MR) is 68.8 cm³/mol. The first-order valence-electron chi connectivity index (χ1n) is 6.05. The summed E-state index contributed by atoms with van der Waals surface area (Å²) in [6, 6.07) is 1.18. The third kappa shape index (κ3) is 8.00. The van der Waals surface area contributed by atoms with Crippen LogP contribution >= 0.6 is 0 Å². The van der Waals surface area contributed by atoms with Gasteiger partial charge in [0.2, 0.25) is 0 Å². The van der Waals surface area contributed by atoms with Gasteiger partial charge in [-0.05, 0) is 25.6 Å². The Labute approximate surface area is 96.5 Å². The first kappa shape index (κ1) is 15.1. The third-order valence-corrected chi connectivity index (χ3v) is 5.18. The van der Waals surface area contributed by atoms with E-state index < -0.39 is 8.32 Å². The van der Waals surface area contributed by atoms with E-state index in [2.05, 4.69) is 40.8 Å². The van der Waals surface area contributed by atoms with Gasteiger partial charge in [0.15, 0.2) is 8.32 Å². The van der Waals surface area contributed by atoms with E-state index in [0.29, 0.717) is 0 Å². The molecule has 0 N–H and O–H groups in total. The van der Waals surface area contributed by atoms with E-state index >= 15 is 0 Å². The van der Waals surface area contributed by atoms with Crippen LogP contribution in [0.2, 0.25) is 19.1 Å². The minimum absolute atomic E-state index is 0.147. The molecule has 0 aromatic carbocycles. The van der Waals surface area contributed by atoms with Gasteiger partial charge in [-0.3, -0.25) is 0 Å². The molecule has 0 aliphatic heterocycles. The minimum Gasteiger partial charge on any atom is -0.417 e. The maximum atomic E-state index is 6.03. The summed E-state index contributed by atoms with van der Waals surface area (Å²) in [5.74, 6) is 0. The van der Waals surface area contributed by atoms with E-state index in [1.54, 1.807) is 0 Å². The summed E-state index contributed by atoms with van der Waals surface area (Å²) in [6.07, 6.45) is 1.09. The van der Waals surface area contributed by atoms with Crippen molar-refractivity contribution in [2.45, 2.75) is 53.3 Å². The summed E-state index contributed by atoms with van der Waals surface area (Å²) in [6.45, 7) is 15.8. The lowest BCUT2D eigenvalue weighted by Crippen LogP contribution is -2.36. The van der Waals surface area contributed by atoms with Crippen molar-refractivity contribution >= 4 is 8.32 Å². The van der Waals surface area contributed by atoms with E-state index in [-0.39, 0.29) is 5.41 Å². The van der Waals surface area contributed by atoms with E-state index in [0.717, 1.165) is 26.2 Å². The second kappa shape index (κ2) is 6.66. The molecule has 0 saturated heterocycles. The average Bonchev–Trinajstić information content (AvgIpc) is 2.16. The second-order valence-electron chi connectivity index (χ2n) is 5.62. The SMILES string of the molecule is CCCOCC(C)(C)CO[Si](C)(C)CC. The van der Waals surface area contributed by atoms with Gasteiger partial charge in [-0.15, -0.1) is 0 Å². The van der Waals surface area contributed by atoms with Crippen molar-refractivity contribution in [2.24, 2.45) is 5.41 Å². The summed E-state index contributed by atoms with van der Waals surface area (Å²) in [5.41, 5.74) is 0.147. The van der Waals surface area contributed by atoms with Crippen LogP contribution in [0.4, 0.5) is 0 Å². The number of ether oxygens (including phenoxy) is 1. The molecular formula is C12H28O2Si. The van der Waals surface area contributed by atoms with Crippen LogP contribution < -0.4 is 0 Å². The Bertz CT molecular complexity index is 167. The highest BCUT2D eigenvalue weighted by Gasteiger charge is 2.25. The van der Waals surface area contributed by atoms with Gasteiger partial charge in [0.1, 0.15) is 0 Å². The van der Waals surface area contributed by atoms with Crippen LogP contribution in [0.25, 0.3) is 0 Å². The van der Waals surface area contributed by atoms with Crippen LogP contribution in [0.15, 0.2) is 0 Å². The molecule has 0 amide bonds. The van der Waals surface area contributed by atoms with Crippen LogP contribution in [-0.2, 0) is 9.16 Å². The Morgan fingerprint density at radius 3 is 2.13 bits per heavy atom. The van der Waals surface area contributed by atoms with E-state index in [1.165, 1.54) is 6.04 Å². The molecule has 0 unspecified atom stereocenters. The summed E-state index contributed by atoms with van der Waals surface area (Å²) in [4.78, 5) is 0. The van der Waals surface area contributed by atoms with Crippen molar-refractivity contribution in [3.05, 3.63) is 0 Å². The Morgan fingerprint density at radius 2 is 1.67 bits per heavy atom. The van der Waals surface area contributed by atoms with Crippen molar-refractivity contribution < 1.29 is 9.16 Å². The Kier molecular flexibility index (Phi) is 6.72. The van der Waals surface area contributed by atoms with Crippen molar-refractivity contribution in [1.29, 1.82) is 0 Å². The molecule has 0 aromatic heterocycles. The Balaban J connectivity index is 3.82. The lowest BCUT2D eigenvalue weighted by molar-refractivity contribution is 0.0328. The highest BCUT2D eigenvalue weighted by atomic mass is 28.4. The average molecular weight is 232 g/mol. The maximum absolute atomic E-state index is 6.03. The smallest absolute Gasteiger partial charge is 0.186 e. The molecule has 0 fully saturated rings. The molecule has 0 aliphatic carbocycles. The van der Waals surface area contributed by atoms with E-state index in [1.807, 2.05) is 0 Å². The van der Waals surface area contributed by atoms with Gasteiger partial charge in [0.25, 0.3) is 0 Å². The largest absolute Gasteiger partial charge is 0.417 e. The molecule has 0 spiro atoms. The number of hydrogen-bond donors (Lipinski definition) is 0. The molecule has 0 saturated carbocycles. The van der Waals surface area contributed by atoms with Gasteiger partial charge in [0.05, 0.1) is 6.61 Å². The normalized spacial score (nSPS) is 13.2. The molecule has 0 aromatic rings. The van der Waals surface area contributed by atoms with Crippen molar-refractivity contribution in [3.63, 3.8) is 0 Å². The fourth-order valence-electron chi connectivity index (χ4n) is 1.03. The third-order valence-electron chi connectivity index (χ3n) is 2.55. The lowest BCUT2D eigenvalue weighted by atomic mass is 9.97. The van der Waals surface area contributed by atoms with Crippen LogP contribution in [0.3, 0.4) is 0 Å². The zero-order chi connectivity index (χ0) is 11.9. The summed E-state index contributed by atoms with van der Waals surface area (Å²) in [5, 5.41) is 0. The molecule has 2 nitrogen and oxygen atoms in total. The zero-order valence-electron chi connectivity index (χ0n) is 11.4. The van der Waals surface area contributed by atoms with Gasteiger partial charge in [0, 0.05) is 18.6 Å². The van der Waals surface area contributed by atoms with E-state index in [4.69, 9.17) is 9.16 Å². The summed E-state index contributed by atoms with van der Waals surface area (Å²) < 4.78 is 11.6. The molecule has 15 heavy (non-hydrogen) atoms. The second-order valence-corrected chi connectivity index (χ2v) is 10.1. The maximum Gasteiger partial charge on any atom is 0.186 e. The highest BCUT2D eigenvalue weighted by molar-refractivity contribution is 6.71. The first-order chi connectivity index (χ1) is 6.83. The van der Waals surface area contributed by atoms with Gasteiger partial charge in [-0.1, -0.05) is 27.7 Å². The molecule has 0 aliphatic rings. The highest BCUT2D eigenvalue weighted by Crippen LogP contribution is 2.20. The molecule has 0 radical (unpaired) electrons. The Morgan fingerprint density at radius 1 is 1.07 bits per heavy atom. The first-order valence-corrected chi connectivity index (χ1v) is 9.16. The standard InChI is InChI=1S/C12H28O2Si/c1-7-9-13-10-12(3,4)11-14-15(5,6)8-2/h7-11H2,1-6H3. The van der Waals surface area contributed by atoms with Crippen LogP contribution in [-0.4, -0.2) is 28.1 Å².